The van der Waals surface area contributed by atoms with Crippen LogP contribution in [0.3, 0.4) is 0 Å². The Morgan fingerprint density at radius 3 is 2.61 bits per heavy atom. The van der Waals surface area contributed by atoms with E-state index in [1.54, 1.807) is 0 Å². The molecule has 2 rings (SSSR count). The number of benzene rings is 1. The normalized spacial score (nSPS) is 18.9. The number of nitrogens with one attached hydrogen (secondary N) is 1. The zero-order valence-electron chi connectivity index (χ0n) is 9.19. The van der Waals surface area contributed by atoms with Crippen LogP contribution in [-0.2, 0) is 4.79 Å². The fourth-order valence-electron chi connectivity index (χ4n) is 1.68. The molecule has 1 heterocycles. The van der Waals surface area contributed by atoms with Crippen LogP contribution in [0.2, 0.25) is 0 Å². The molecule has 0 radical (unpaired) electrons. The molecule has 0 aromatic heterocycles. The van der Waals surface area contributed by atoms with Gasteiger partial charge in [-0.25, -0.2) is 9.18 Å². The van der Waals surface area contributed by atoms with Gasteiger partial charge >= 0.3 is 5.97 Å². The van der Waals surface area contributed by atoms with E-state index in [9.17, 15) is 18.8 Å². The van der Waals surface area contributed by atoms with E-state index in [2.05, 4.69) is 5.32 Å². The van der Waals surface area contributed by atoms with Crippen LogP contribution in [0.15, 0.2) is 12.1 Å². The van der Waals surface area contributed by atoms with E-state index in [0.717, 1.165) is 17.8 Å². The molecule has 1 saturated heterocycles. The SMILES string of the molecule is Cc1cc(C2SC(=O)NC2=O)cc(C(=O)O)c1F. The van der Waals surface area contributed by atoms with E-state index in [1.807, 2.05) is 0 Å². The van der Waals surface area contributed by atoms with Crippen molar-refractivity contribution in [2.24, 2.45) is 0 Å². The molecule has 2 amide bonds. The molecule has 0 spiro atoms. The largest absolute Gasteiger partial charge is 0.478 e. The number of carbonyl (C=O) groups excluding carboxylic acids is 2. The summed E-state index contributed by atoms with van der Waals surface area (Å²) in [5.74, 6) is -2.76. The number of aryl methyl sites for hydroxylation is 1. The van der Waals surface area contributed by atoms with Crippen LogP contribution in [-0.4, -0.2) is 22.2 Å². The zero-order valence-corrected chi connectivity index (χ0v) is 10.0. The monoisotopic (exact) mass is 269 g/mol. The third-order valence-corrected chi connectivity index (χ3v) is 3.54. The van der Waals surface area contributed by atoms with E-state index >= 15 is 0 Å². The number of halogens is 1. The first-order valence-electron chi connectivity index (χ1n) is 4.95. The molecule has 1 aliphatic rings. The third kappa shape index (κ3) is 2.08. The predicted molar refractivity (Wildman–Crippen MR) is 62.0 cm³/mol. The van der Waals surface area contributed by atoms with Gasteiger partial charge in [-0.1, -0.05) is 6.07 Å². The number of carbonyl (C=O) groups is 3. The van der Waals surface area contributed by atoms with Gasteiger partial charge in [0, 0.05) is 0 Å². The first-order chi connectivity index (χ1) is 8.40. The minimum atomic E-state index is -1.41. The summed E-state index contributed by atoms with van der Waals surface area (Å²) in [4.78, 5) is 33.4. The van der Waals surface area contributed by atoms with Gasteiger partial charge in [0.1, 0.15) is 11.1 Å². The Kier molecular flexibility index (Phi) is 3.08. The van der Waals surface area contributed by atoms with Gasteiger partial charge in [0.25, 0.3) is 5.24 Å². The second-order valence-electron chi connectivity index (χ2n) is 3.78. The molecule has 1 aromatic rings. The summed E-state index contributed by atoms with van der Waals surface area (Å²) >= 11 is 0.747. The van der Waals surface area contributed by atoms with Crippen molar-refractivity contribution in [3.8, 4) is 0 Å². The molecular formula is C11H8FNO4S. The van der Waals surface area contributed by atoms with Crippen molar-refractivity contribution in [1.29, 1.82) is 0 Å². The van der Waals surface area contributed by atoms with Crippen LogP contribution >= 0.6 is 11.8 Å². The number of amides is 2. The van der Waals surface area contributed by atoms with Crippen molar-refractivity contribution in [3.05, 3.63) is 34.6 Å². The van der Waals surface area contributed by atoms with Crippen LogP contribution in [0, 0.1) is 12.7 Å². The number of thioether (sulfide) groups is 1. The fourth-order valence-corrected chi connectivity index (χ4v) is 2.49. The summed E-state index contributed by atoms with van der Waals surface area (Å²) in [6, 6.07) is 2.46. The maximum atomic E-state index is 13.5. The van der Waals surface area contributed by atoms with Crippen molar-refractivity contribution in [2.45, 2.75) is 12.2 Å². The van der Waals surface area contributed by atoms with Crippen LogP contribution in [0.1, 0.15) is 26.7 Å². The lowest BCUT2D eigenvalue weighted by Crippen LogP contribution is -2.20. The van der Waals surface area contributed by atoms with Crippen molar-refractivity contribution < 1.29 is 23.9 Å². The van der Waals surface area contributed by atoms with E-state index in [1.165, 1.54) is 13.0 Å². The van der Waals surface area contributed by atoms with Crippen molar-refractivity contribution in [1.82, 2.24) is 5.32 Å². The molecule has 1 unspecified atom stereocenters. The van der Waals surface area contributed by atoms with Crippen LogP contribution in [0.25, 0.3) is 0 Å². The number of carboxylic acids is 1. The predicted octanol–water partition coefficient (Wildman–Crippen LogP) is 1.86. The molecule has 1 aliphatic heterocycles. The van der Waals surface area contributed by atoms with Crippen LogP contribution in [0.5, 0.6) is 0 Å². The Morgan fingerprint density at radius 2 is 2.11 bits per heavy atom. The maximum Gasteiger partial charge on any atom is 0.338 e. The fraction of sp³-hybridized carbons (Fsp3) is 0.182. The van der Waals surface area contributed by atoms with E-state index in [0.29, 0.717) is 5.56 Å². The molecule has 7 heteroatoms. The molecule has 2 N–H and O–H groups in total. The Balaban J connectivity index is 2.49. The zero-order chi connectivity index (χ0) is 13.4. The maximum absolute atomic E-state index is 13.5. The van der Waals surface area contributed by atoms with E-state index < -0.39 is 33.7 Å². The van der Waals surface area contributed by atoms with E-state index in [-0.39, 0.29) is 5.56 Å². The summed E-state index contributed by atoms with van der Waals surface area (Å²) in [6.07, 6.45) is 0. The third-order valence-electron chi connectivity index (χ3n) is 2.50. The van der Waals surface area contributed by atoms with Crippen molar-refractivity contribution in [3.63, 3.8) is 0 Å². The first-order valence-corrected chi connectivity index (χ1v) is 5.83. The molecule has 0 aliphatic carbocycles. The second-order valence-corrected chi connectivity index (χ2v) is 4.86. The molecule has 18 heavy (non-hydrogen) atoms. The molecule has 1 atom stereocenters. The standard InChI is InChI=1S/C11H8FNO4S/c1-4-2-5(3-6(7(4)12)10(15)16)8-9(14)13-11(17)18-8/h2-3,8H,1H3,(H,15,16)(H,13,14,17). The number of carboxylic acid groups (broad SMARTS) is 1. The van der Waals surface area contributed by atoms with Gasteiger partial charge in [0.2, 0.25) is 5.91 Å². The molecule has 1 aromatic carbocycles. The minimum Gasteiger partial charge on any atom is -0.478 e. The highest BCUT2D eigenvalue weighted by Gasteiger charge is 2.34. The van der Waals surface area contributed by atoms with Gasteiger partial charge in [-0.2, -0.15) is 0 Å². The second kappa shape index (κ2) is 4.41. The average molecular weight is 269 g/mol. The van der Waals surface area contributed by atoms with Crippen LogP contribution < -0.4 is 5.32 Å². The number of imide groups is 1. The highest BCUT2D eigenvalue weighted by Crippen LogP contribution is 2.35. The number of rotatable bonds is 2. The Morgan fingerprint density at radius 1 is 1.44 bits per heavy atom. The van der Waals surface area contributed by atoms with E-state index in [4.69, 9.17) is 5.11 Å². The minimum absolute atomic E-state index is 0.123. The van der Waals surface area contributed by atoms with Gasteiger partial charge in [-0.3, -0.25) is 14.9 Å². The molecule has 0 bridgehead atoms. The number of aromatic carboxylic acids is 1. The van der Waals surface area contributed by atoms with Crippen molar-refractivity contribution in [2.75, 3.05) is 0 Å². The summed E-state index contributed by atoms with van der Waals surface area (Å²) in [5, 5.41) is 9.63. The van der Waals surface area contributed by atoms with Gasteiger partial charge in [0.05, 0.1) is 5.56 Å². The van der Waals surface area contributed by atoms with Crippen molar-refractivity contribution >= 4 is 28.9 Å². The quantitative estimate of drug-likeness (QED) is 0.856. The number of hydrogen-bond donors (Lipinski definition) is 2. The Bertz CT molecular complexity index is 572. The van der Waals surface area contributed by atoms with Gasteiger partial charge < -0.3 is 5.11 Å². The first kappa shape index (κ1) is 12.6. The molecule has 0 saturated carbocycles. The van der Waals surface area contributed by atoms with Gasteiger partial charge in [-0.05, 0) is 35.9 Å². The average Bonchev–Trinajstić information content (AvgIpc) is 2.61. The highest BCUT2D eigenvalue weighted by atomic mass is 32.2. The number of hydrogen-bond acceptors (Lipinski definition) is 4. The lowest BCUT2D eigenvalue weighted by atomic mass is 10.0. The van der Waals surface area contributed by atoms with Crippen LogP contribution in [0.4, 0.5) is 9.18 Å². The molecule has 1 fully saturated rings. The smallest absolute Gasteiger partial charge is 0.338 e. The molecular weight excluding hydrogens is 261 g/mol. The molecule has 94 valence electrons. The lowest BCUT2D eigenvalue weighted by molar-refractivity contribution is -0.119. The van der Waals surface area contributed by atoms with Gasteiger partial charge in [0.15, 0.2) is 0 Å². The van der Waals surface area contributed by atoms with Gasteiger partial charge in [-0.15, -0.1) is 0 Å². The summed E-state index contributed by atoms with van der Waals surface area (Å²) in [5.41, 5.74) is -0.0740. The Labute approximate surface area is 105 Å². The Hall–Kier alpha value is -1.89. The summed E-state index contributed by atoms with van der Waals surface area (Å²) in [7, 11) is 0. The lowest BCUT2D eigenvalue weighted by Gasteiger charge is -2.09. The molecule has 5 nitrogen and oxygen atoms in total. The highest BCUT2D eigenvalue weighted by molar-refractivity contribution is 8.15. The summed E-state index contributed by atoms with van der Waals surface area (Å²) in [6.45, 7) is 1.41. The summed E-state index contributed by atoms with van der Waals surface area (Å²) < 4.78 is 13.5. The topological polar surface area (TPSA) is 83.5 Å².